The number of aliphatic carboxylic acids is 1. The maximum atomic E-state index is 12.2. The molecule has 4 rings (SSSR count). The smallest absolute Gasteiger partial charge is 0.309 e. The van der Waals surface area contributed by atoms with Crippen LogP contribution in [-0.4, -0.2) is 29.9 Å². The molecule has 5 atom stereocenters. The quantitative estimate of drug-likeness (QED) is 0.545. The summed E-state index contributed by atoms with van der Waals surface area (Å²) in [6.07, 6.45) is 2.43. The van der Waals surface area contributed by atoms with Crippen LogP contribution in [0.1, 0.15) is 75.7 Å². The van der Waals surface area contributed by atoms with E-state index in [4.69, 9.17) is 14.2 Å². The van der Waals surface area contributed by atoms with Gasteiger partial charge in [0.15, 0.2) is 0 Å². The summed E-state index contributed by atoms with van der Waals surface area (Å²) in [5, 5.41) is 10.1. The molecule has 2 aromatic carbocycles. The van der Waals surface area contributed by atoms with Crippen molar-refractivity contribution in [3.63, 3.8) is 0 Å². The van der Waals surface area contributed by atoms with E-state index in [0.717, 1.165) is 35.5 Å². The number of ether oxygens (including phenoxy) is 3. The number of hydrogen-bond donors (Lipinski definition) is 1. The molecule has 1 unspecified atom stereocenters. The van der Waals surface area contributed by atoms with E-state index in [-0.39, 0.29) is 18.1 Å². The Labute approximate surface area is 197 Å². The Bertz CT molecular complexity index is 998. The Morgan fingerprint density at radius 1 is 1.24 bits per heavy atom. The maximum absolute atomic E-state index is 12.2. The van der Waals surface area contributed by atoms with Crippen LogP contribution in [0.5, 0.6) is 11.5 Å². The molecule has 0 amide bonds. The summed E-state index contributed by atoms with van der Waals surface area (Å²) in [5.41, 5.74) is 2.88. The molecule has 33 heavy (non-hydrogen) atoms. The van der Waals surface area contributed by atoms with Crippen LogP contribution in [-0.2, 0) is 16.0 Å². The van der Waals surface area contributed by atoms with Crippen molar-refractivity contribution in [2.45, 2.75) is 77.1 Å². The zero-order chi connectivity index (χ0) is 23.8. The molecular formula is C28H36O5. The van der Waals surface area contributed by atoms with Gasteiger partial charge in [0.25, 0.3) is 0 Å². The molecule has 1 saturated heterocycles. The van der Waals surface area contributed by atoms with Crippen molar-refractivity contribution in [2.24, 2.45) is 11.8 Å². The van der Waals surface area contributed by atoms with Crippen LogP contribution in [0.3, 0.4) is 0 Å². The van der Waals surface area contributed by atoms with Gasteiger partial charge in [0.05, 0.1) is 25.2 Å². The minimum atomic E-state index is -0.793. The monoisotopic (exact) mass is 452 g/mol. The van der Waals surface area contributed by atoms with Gasteiger partial charge in [0, 0.05) is 11.5 Å². The van der Waals surface area contributed by atoms with Gasteiger partial charge in [0.1, 0.15) is 17.1 Å². The highest BCUT2D eigenvalue weighted by Gasteiger charge is 2.52. The summed E-state index contributed by atoms with van der Waals surface area (Å²) < 4.78 is 18.6. The van der Waals surface area contributed by atoms with E-state index in [2.05, 4.69) is 52.0 Å². The molecule has 0 spiro atoms. The SMILES string of the molecule is CCC(C)c1cccc2c1OC(C)(C)[C@H]1C[C@@H](C(=O)O)[C@H](CCc3cccc(OC)c3)O[C@H]21. The Morgan fingerprint density at radius 3 is 2.70 bits per heavy atom. The van der Waals surface area contributed by atoms with Gasteiger partial charge < -0.3 is 19.3 Å². The molecule has 5 heteroatoms. The predicted octanol–water partition coefficient (Wildman–Crippen LogP) is 6.16. The molecule has 2 aliphatic rings. The zero-order valence-electron chi connectivity index (χ0n) is 20.3. The Hall–Kier alpha value is -2.53. The van der Waals surface area contributed by atoms with Gasteiger partial charge in [0.2, 0.25) is 0 Å². The van der Waals surface area contributed by atoms with Gasteiger partial charge in [-0.2, -0.15) is 0 Å². The van der Waals surface area contributed by atoms with Crippen molar-refractivity contribution in [3.05, 3.63) is 59.2 Å². The van der Waals surface area contributed by atoms with Crippen LogP contribution in [0.25, 0.3) is 0 Å². The Balaban J connectivity index is 1.64. The van der Waals surface area contributed by atoms with Crippen LogP contribution in [0.4, 0.5) is 0 Å². The number of methoxy groups -OCH3 is 1. The molecule has 0 aliphatic carbocycles. The summed E-state index contributed by atoms with van der Waals surface area (Å²) in [6.45, 7) is 8.54. The van der Waals surface area contributed by atoms with Crippen LogP contribution < -0.4 is 9.47 Å². The maximum Gasteiger partial charge on any atom is 0.309 e. The Kier molecular flexibility index (Phi) is 6.71. The molecular weight excluding hydrogens is 416 g/mol. The fourth-order valence-corrected chi connectivity index (χ4v) is 5.39. The van der Waals surface area contributed by atoms with E-state index < -0.39 is 17.5 Å². The van der Waals surface area contributed by atoms with Crippen molar-refractivity contribution in [1.82, 2.24) is 0 Å². The minimum absolute atomic E-state index is 0.0219. The van der Waals surface area contributed by atoms with E-state index in [1.807, 2.05) is 18.2 Å². The summed E-state index contributed by atoms with van der Waals surface area (Å²) in [7, 11) is 1.65. The number of hydrogen-bond acceptors (Lipinski definition) is 4. The van der Waals surface area contributed by atoms with Gasteiger partial charge in [-0.05, 0) is 68.7 Å². The van der Waals surface area contributed by atoms with E-state index in [9.17, 15) is 9.90 Å². The zero-order valence-corrected chi connectivity index (χ0v) is 20.3. The largest absolute Gasteiger partial charge is 0.497 e. The summed E-state index contributed by atoms with van der Waals surface area (Å²) >= 11 is 0. The highest BCUT2D eigenvalue weighted by Crippen LogP contribution is 2.54. The van der Waals surface area contributed by atoms with Crippen molar-refractivity contribution in [2.75, 3.05) is 7.11 Å². The average molecular weight is 453 g/mol. The number of rotatable bonds is 7. The molecule has 5 nitrogen and oxygen atoms in total. The lowest BCUT2D eigenvalue weighted by Crippen LogP contribution is -2.52. The first kappa shape index (κ1) is 23.6. The van der Waals surface area contributed by atoms with Gasteiger partial charge >= 0.3 is 5.97 Å². The number of benzene rings is 2. The lowest BCUT2D eigenvalue weighted by atomic mass is 9.70. The molecule has 2 aliphatic heterocycles. The molecule has 2 heterocycles. The number of para-hydroxylation sites is 1. The molecule has 2 aromatic rings. The summed E-state index contributed by atoms with van der Waals surface area (Å²) in [4.78, 5) is 12.2. The highest BCUT2D eigenvalue weighted by molar-refractivity contribution is 5.71. The number of carboxylic acid groups (broad SMARTS) is 1. The standard InChI is InChI=1S/C28H36O5/c1-6-17(2)20-11-8-12-21-25(20)33-28(3,4)23-16-22(27(29)30)24(32-26(21)23)14-13-18-9-7-10-19(15-18)31-5/h7-12,15,17,22-24,26H,6,13-14,16H2,1-5H3,(H,29,30)/t17?,22-,23+,24+,26-/m1/s1. The predicted molar refractivity (Wildman–Crippen MR) is 128 cm³/mol. The first-order valence-electron chi connectivity index (χ1n) is 12.1. The fraction of sp³-hybridized carbons (Fsp3) is 0.536. The van der Waals surface area contributed by atoms with Crippen LogP contribution in [0, 0.1) is 11.8 Å². The lowest BCUT2D eigenvalue weighted by molar-refractivity contribution is -0.188. The highest BCUT2D eigenvalue weighted by atomic mass is 16.5. The molecule has 1 N–H and O–H groups in total. The first-order valence-corrected chi connectivity index (χ1v) is 12.1. The van der Waals surface area contributed by atoms with E-state index in [1.54, 1.807) is 7.11 Å². The van der Waals surface area contributed by atoms with Crippen molar-refractivity contribution in [3.8, 4) is 11.5 Å². The number of carboxylic acids is 1. The summed E-state index contributed by atoms with van der Waals surface area (Å²) in [6, 6.07) is 14.3. The first-order chi connectivity index (χ1) is 15.7. The number of aryl methyl sites for hydroxylation is 1. The molecule has 178 valence electrons. The number of carbonyl (C=O) groups is 1. The second-order valence-corrected chi connectivity index (χ2v) is 10.1. The molecule has 0 aromatic heterocycles. The molecule has 0 saturated carbocycles. The molecule has 0 radical (unpaired) electrons. The fourth-order valence-electron chi connectivity index (χ4n) is 5.39. The van der Waals surface area contributed by atoms with Gasteiger partial charge in [-0.3, -0.25) is 4.79 Å². The molecule has 1 fully saturated rings. The van der Waals surface area contributed by atoms with Crippen LogP contribution in [0.2, 0.25) is 0 Å². The third-order valence-corrected chi connectivity index (χ3v) is 7.60. The van der Waals surface area contributed by atoms with E-state index in [0.29, 0.717) is 18.8 Å². The second-order valence-electron chi connectivity index (χ2n) is 10.1. The lowest BCUT2D eigenvalue weighted by Gasteiger charge is -2.51. The van der Waals surface area contributed by atoms with Crippen molar-refractivity contribution < 1.29 is 24.1 Å². The number of fused-ring (bicyclic) bond motifs is 3. The van der Waals surface area contributed by atoms with E-state index >= 15 is 0 Å². The van der Waals surface area contributed by atoms with Crippen molar-refractivity contribution in [1.29, 1.82) is 0 Å². The van der Waals surface area contributed by atoms with E-state index in [1.165, 1.54) is 5.56 Å². The minimum Gasteiger partial charge on any atom is -0.497 e. The average Bonchev–Trinajstić information content (AvgIpc) is 2.81. The second kappa shape index (κ2) is 9.38. The van der Waals surface area contributed by atoms with Gasteiger partial charge in [-0.1, -0.05) is 44.2 Å². The topological polar surface area (TPSA) is 65.0 Å². The van der Waals surface area contributed by atoms with Crippen LogP contribution in [0.15, 0.2) is 42.5 Å². The normalized spacial score (nSPS) is 26.5. The van der Waals surface area contributed by atoms with Gasteiger partial charge in [-0.25, -0.2) is 0 Å². The van der Waals surface area contributed by atoms with Crippen molar-refractivity contribution >= 4 is 5.97 Å². The Morgan fingerprint density at radius 2 is 2.00 bits per heavy atom. The van der Waals surface area contributed by atoms with Gasteiger partial charge in [-0.15, -0.1) is 0 Å². The third kappa shape index (κ3) is 4.61. The molecule has 0 bridgehead atoms. The third-order valence-electron chi connectivity index (χ3n) is 7.60. The van der Waals surface area contributed by atoms with Crippen LogP contribution >= 0.6 is 0 Å². The summed E-state index contributed by atoms with van der Waals surface area (Å²) in [5.74, 6) is 0.749.